The number of fused-ring (bicyclic) bond motifs is 8. The normalized spacial score (nSPS) is 10.1. The molecule has 156 valence electrons. The van der Waals surface area contributed by atoms with E-state index in [-0.39, 0.29) is 147 Å². The van der Waals surface area contributed by atoms with Gasteiger partial charge in [-0.15, -0.1) is 120 Å². The second-order valence-corrected chi connectivity index (χ2v) is 5.91. The monoisotopic (exact) mass is 1060 g/mol. The predicted molar refractivity (Wildman–Crippen MR) is 176 cm³/mol. The van der Waals surface area contributed by atoms with Gasteiger partial charge in [-0.25, -0.2) is 9.97 Å². The Bertz CT molecular complexity index is 1010. The summed E-state index contributed by atoms with van der Waals surface area (Å²) in [5.41, 5.74) is 7.86. The van der Waals surface area contributed by atoms with E-state index in [0.717, 1.165) is 44.8 Å². The van der Waals surface area contributed by atoms with Crippen LogP contribution in [0.2, 0.25) is 0 Å². The van der Waals surface area contributed by atoms with Crippen LogP contribution >= 0.6 is 120 Å². The topological polar surface area (TPSA) is 57.4 Å². The molecule has 0 unspecified atom stereocenters. The van der Waals surface area contributed by atoms with E-state index in [1.165, 1.54) is 0 Å². The van der Waals surface area contributed by atoms with E-state index in [1.807, 2.05) is 48.6 Å². The number of halogens is 5. The molecule has 3 aromatic heterocycles. The number of hydrogen-bond acceptors (Lipinski definition) is 2. The summed E-state index contributed by atoms with van der Waals surface area (Å²) in [4.78, 5) is 16.0. The van der Waals surface area contributed by atoms with Gasteiger partial charge in [0, 0.05) is 49.4 Å². The summed E-state index contributed by atoms with van der Waals surface area (Å²) >= 11 is 0. The Morgan fingerprint density at radius 1 is 0.433 bits per heavy atom. The van der Waals surface area contributed by atoms with Gasteiger partial charge < -0.3 is 9.97 Å². The van der Waals surface area contributed by atoms with E-state index in [1.54, 1.807) is 0 Å². The standard InChI is InChI=1S/C20H14N4.Cd.5HI/c1-2-14-10-16-5-6-18(23-16)12-20-8-7-19(24-20)11-17-4-3-15(22-17)9-13(1)21-14;;;;;;/h1-12,21,24H;;5*1H. The number of rotatable bonds is 0. The number of hydrogen-bond donors (Lipinski definition) is 2. The zero-order chi connectivity index (χ0) is 15.9. The van der Waals surface area contributed by atoms with E-state index < -0.39 is 0 Å². The Hall–Kier alpha value is 1.17. The molecule has 0 saturated heterocycles. The van der Waals surface area contributed by atoms with Crippen LogP contribution in [0.3, 0.4) is 0 Å². The van der Waals surface area contributed by atoms with Crippen molar-refractivity contribution in [3.63, 3.8) is 0 Å². The molecule has 0 spiro atoms. The van der Waals surface area contributed by atoms with Gasteiger partial charge in [-0.2, -0.15) is 0 Å². The predicted octanol–water partition coefficient (Wildman–Crippen LogP) is 7.74. The molecule has 4 nitrogen and oxygen atoms in total. The molecule has 5 heterocycles. The molecule has 3 aromatic rings. The van der Waals surface area contributed by atoms with Crippen LogP contribution in [0.5, 0.6) is 0 Å². The van der Waals surface area contributed by atoms with Gasteiger partial charge in [-0.3, -0.25) is 0 Å². The van der Waals surface area contributed by atoms with Gasteiger partial charge >= 0.3 is 0 Å². The summed E-state index contributed by atoms with van der Waals surface area (Å²) in [6, 6.07) is 16.4. The Kier molecular flexibility index (Phi) is 16.8. The second-order valence-electron chi connectivity index (χ2n) is 5.91. The van der Waals surface area contributed by atoms with E-state index in [9.17, 15) is 0 Å². The molecule has 8 bridgehead atoms. The Balaban J connectivity index is 0. The minimum absolute atomic E-state index is 0. The van der Waals surface area contributed by atoms with E-state index in [4.69, 9.17) is 0 Å². The van der Waals surface area contributed by atoms with Crippen molar-refractivity contribution < 1.29 is 27.3 Å². The summed E-state index contributed by atoms with van der Waals surface area (Å²) in [7, 11) is 0. The van der Waals surface area contributed by atoms with Crippen LogP contribution in [0.1, 0.15) is 22.8 Å². The summed E-state index contributed by atoms with van der Waals surface area (Å²) in [5, 5.41) is 0. The maximum absolute atomic E-state index is 4.63. The van der Waals surface area contributed by atoms with Crippen molar-refractivity contribution in [1.29, 1.82) is 0 Å². The molecule has 0 aromatic carbocycles. The largest absolute Gasteiger partial charge is 0.355 e. The SMILES string of the molecule is C1=Cc2cc3ccc(cc4nc(cc5ccc(cc1n2)[nH]5)C=C4)[nH]3.I.I.I.I.I.[Cd]. The van der Waals surface area contributed by atoms with Crippen molar-refractivity contribution in [3.8, 4) is 0 Å². The molecule has 0 radical (unpaired) electrons. The van der Waals surface area contributed by atoms with Crippen LogP contribution in [-0.2, 0) is 27.3 Å². The van der Waals surface area contributed by atoms with Gasteiger partial charge in [-0.05, 0) is 72.8 Å². The van der Waals surface area contributed by atoms with Crippen LogP contribution in [0.15, 0.2) is 48.5 Å². The first-order chi connectivity index (χ1) is 11.8. The van der Waals surface area contributed by atoms with Gasteiger partial charge in [0.25, 0.3) is 0 Å². The first-order valence-electron chi connectivity index (χ1n) is 7.85. The Labute approximate surface area is 280 Å². The third-order valence-electron chi connectivity index (χ3n) is 4.04. The molecule has 0 fully saturated rings. The molecule has 10 heteroatoms. The molecule has 2 N–H and O–H groups in total. The summed E-state index contributed by atoms with van der Waals surface area (Å²) in [6.45, 7) is 0. The maximum atomic E-state index is 4.63. The minimum Gasteiger partial charge on any atom is -0.355 e. The average molecular weight is 1060 g/mol. The van der Waals surface area contributed by atoms with Gasteiger partial charge in [0.05, 0.1) is 22.8 Å². The molecule has 30 heavy (non-hydrogen) atoms. The summed E-state index contributed by atoms with van der Waals surface area (Å²) in [5.74, 6) is 0. The smallest absolute Gasteiger partial charge is 0.0658 e. The molecule has 2 aliphatic rings. The Morgan fingerprint density at radius 2 is 0.667 bits per heavy atom. The minimum atomic E-state index is 0. The van der Waals surface area contributed by atoms with E-state index in [2.05, 4.69) is 44.2 Å². The molecular formula is C20H19CdI5N4. The number of nitrogens with one attached hydrogen (secondary N) is 2. The van der Waals surface area contributed by atoms with Crippen LogP contribution in [-0.4, -0.2) is 19.9 Å². The fourth-order valence-corrected chi connectivity index (χ4v) is 2.94. The Morgan fingerprint density at radius 3 is 0.900 bits per heavy atom. The van der Waals surface area contributed by atoms with Crippen molar-refractivity contribution >= 4 is 166 Å². The van der Waals surface area contributed by atoms with E-state index in [0.29, 0.717) is 0 Å². The number of aromatic nitrogens is 4. The molecule has 2 aliphatic heterocycles. The first kappa shape index (κ1) is 33.3. The third kappa shape index (κ3) is 8.19. The third-order valence-corrected chi connectivity index (χ3v) is 4.04. The van der Waals surface area contributed by atoms with Crippen molar-refractivity contribution in [3.05, 3.63) is 71.3 Å². The molecule has 0 saturated carbocycles. The zero-order valence-corrected chi connectivity index (χ0v) is 31.3. The van der Waals surface area contributed by atoms with Crippen LogP contribution in [0.25, 0.3) is 46.4 Å². The van der Waals surface area contributed by atoms with Crippen LogP contribution in [0, 0.1) is 0 Å². The van der Waals surface area contributed by atoms with Crippen molar-refractivity contribution in [1.82, 2.24) is 19.9 Å². The fourth-order valence-electron chi connectivity index (χ4n) is 2.94. The van der Waals surface area contributed by atoms with Gasteiger partial charge in [0.1, 0.15) is 0 Å². The zero-order valence-electron chi connectivity index (χ0n) is 15.6. The molecule has 0 aliphatic carbocycles. The number of H-pyrrole nitrogens is 2. The van der Waals surface area contributed by atoms with E-state index >= 15 is 0 Å². The van der Waals surface area contributed by atoms with Crippen LogP contribution in [0.4, 0.5) is 0 Å². The summed E-state index contributed by atoms with van der Waals surface area (Å²) in [6.07, 6.45) is 8.09. The van der Waals surface area contributed by atoms with Crippen molar-refractivity contribution in [2.45, 2.75) is 0 Å². The van der Waals surface area contributed by atoms with Crippen molar-refractivity contribution in [2.24, 2.45) is 0 Å². The van der Waals surface area contributed by atoms with Gasteiger partial charge in [0.15, 0.2) is 0 Å². The average Bonchev–Trinajstić information content (AvgIpc) is 3.32. The molecule has 0 amide bonds. The number of nitrogens with zero attached hydrogens (tertiary/aromatic N) is 2. The maximum Gasteiger partial charge on any atom is 0.0658 e. The van der Waals surface area contributed by atoms with Crippen LogP contribution < -0.4 is 0 Å². The summed E-state index contributed by atoms with van der Waals surface area (Å²) < 4.78 is 0. The molecule has 0 atom stereocenters. The second kappa shape index (κ2) is 15.1. The molecular weight excluding hydrogens is 1040 g/mol. The van der Waals surface area contributed by atoms with Crippen molar-refractivity contribution in [2.75, 3.05) is 0 Å². The first-order valence-corrected chi connectivity index (χ1v) is 7.85. The number of aromatic amines is 2. The van der Waals surface area contributed by atoms with Gasteiger partial charge in [0.2, 0.25) is 0 Å². The molecule has 5 rings (SSSR count). The quantitative estimate of drug-likeness (QED) is 0.123. The fraction of sp³-hybridized carbons (Fsp3) is 0. The van der Waals surface area contributed by atoms with Gasteiger partial charge in [-0.1, -0.05) is 0 Å².